The molecule has 0 saturated carbocycles. The number of para-hydroxylation sites is 1. The van der Waals surface area contributed by atoms with Crippen LogP contribution in [0.2, 0.25) is 0 Å². The van der Waals surface area contributed by atoms with Crippen LogP contribution < -0.4 is 20.3 Å². The Kier molecular flexibility index (Phi) is 9.35. The van der Waals surface area contributed by atoms with Crippen molar-refractivity contribution < 1.29 is 19.0 Å². The minimum Gasteiger partial charge on any atom is -0.489 e. The van der Waals surface area contributed by atoms with Gasteiger partial charge in [-0.2, -0.15) is 0 Å². The summed E-state index contributed by atoms with van der Waals surface area (Å²) in [7, 11) is 3.52. The predicted octanol–water partition coefficient (Wildman–Crippen LogP) is 5.18. The van der Waals surface area contributed by atoms with Crippen molar-refractivity contribution >= 4 is 60.8 Å². The second-order valence-electron chi connectivity index (χ2n) is 9.26. The average molecular weight is 619 g/mol. The zero-order valence-electron chi connectivity index (χ0n) is 23.5. The van der Waals surface area contributed by atoms with Crippen molar-refractivity contribution in [2.24, 2.45) is 0 Å². The molecule has 5 rings (SSSR count). The van der Waals surface area contributed by atoms with Crippen LogP contribution in [0.15, 0.2) is 42.6 Å². The molecule has 0 saturated heterocycles. The smallest absolute Gasteiger partial charge is 0.355 e. The third kappa shape index (κ3) is 7.20. The van der Waals surface area contributed by atoms with Gasteiger partial charge in [0, 0.05) is 18.0 Å². The lowest BCUT2D eigenvalue weighted by Gasteiger charge is -2.15. The van der Waals surface area contributed by atoms with Gasteiger partial charge in [-0.15, -0.1) is 21.5 Å². The quantitative estimate of drug-likeness (QED) is 0.133. The molecule has 0 aliphatic carbocycles. The summed E-state index contributed by atoms with van der Waals surface area (Å²) in [6.45, 7) is 2.54. The van der Waals surface area contributed by atoms with Gasteiger partial charge >= 0.3 is 5.97 Å². The van der Waals surface area contributed by atoms with Gasteiger partial charge in [0.1, 0.15) is 5.69 Å². The Balaban J connectivity index is 1.22. The van der Waals surface area contributed by atoms with Gasteiger partial charge in [-0.1, -0.05) is 29.4 Å². The summed E-state index contributed by atoms with van der Waals surface area (Å²) in [6.07, 6.45) is 2.12. The molecule has 0 amide bonds. The van der Waals surface area contributed by atoms with E-state index in [2.05, 4.69) is 47.6 Å². The second kappa shape index (κ2) is 13.5. The highest BCUT2D eigenvalue weighted by Gasteiger charge is 2.21. The molecule has 0 atom stereocenters. The number of carboxylic acids is 1. The lowest BCUT2D eigenvalue weighted by molar-refractivity contribution is 0.0690. The van der Waals surface area contributed by atoms with Crippen LogP contribution in [0.5, 0.6) is 5.75 Å². The zero-order valence-corrected chi connectivity index (χ0v) is 25.1. The summed E-state index contributed by atoms with van der Waals surface area (Å²) in [5, 5.41) is 25.7. The number of thiazole rings is 2. The number of hydrogen-bond donors (Lipinski definition) is 3. The number of aromatic nitrogens is 5. The molecule has 1 aromatic carbocycles. The lowest BCUT2D eigenvalue weighted by atomic mass is 10.2. The van der Waals surface area contributed by atoms with Crippen molar-refractivity contribution in [3.63, 3.8) is 0 Å². The summed E-state index contributed by atoms with van der Waals surface area (Å²) in [5.41, 5.74) is 2.01. The van der Waals surface area contributed by atoms with Crippen LogP contribution in [-0.4, -0.2) is 63.5 Å². The van der Waals surface area contributed by atoms with Gasteiger partial charge in [0.15, 0.2) is 39.2 Å². The molecule has 0 unspecified atom stereocenters. The Morgan fingerprint density at radius 1 is 1.19 bits per heavy atom. The van der Waals surface area contributed by atoms with E-state index in [9.17, 15) is 14.3 Å². The minimum absolute atomic E-state index is 0.0115. The van der Waals surface area contributed by atoms with Crippen LogP contribution in [0.25, 0.3) is 10.2 Å². The molecule has 5 aromatic rings. The number of benzene rings is 1. The van der Waals surface area contributed by atoms with Gasteiger partial charge in [0.2, 0.25) is 0 Å². The lowest BCUT2D eigenvalue weighted by Crippen LogP contribution is -2.13. The Hall–Kier alpha value is -4.71. The van der Waals surface area contributed by atoms with Crippen LogP contribution in [0.3, 0.4) is 0 Å². The molecule has 220 valence electrons. The number of aromatic carboxylic acids is 1. The monoisotopic (exact) mass is 618 g/mol. The molecule has 0 aliphatic heterocycles. The summed E-state index contributed by atoms with van der Waals surface area (Å²) in [4.78, 5) is 27.2. The molecule has 3 N–H and O–H groups in total. The third-order valence-electron chi connectivity index (χ3n) is 6.12. The Labute approximate surface area is 254 Å². The molecule has 0 aliphatic rings. The summed E-state index contributed by atoms with van der Waals surface area (Å²) >= 11 is 2.77. The number of ether oxygens (including phenoxy) is 1. The van der Waals surface area contributed by atoms with Crippen LogP contribution >= 0.6 is 22.7 Å². The maximum absolute atomic E-state index is 14.4. The zero-order chi connectivity index (χ0) is 30.3. The van der Waals surface area contributed by atoms with Gasteiger partial charge < -0.3 is 25.4 Å². The molecule has 0 bridgehead atoms. The molecule has 0 radical (unpaired) electrons. The highest BCUT2D eigenvalue weighted by Crippen LogP contribution is 2.33. The van der Waals surface area contributed by atoms with Gasteiger partial charge in [-0.25, -0.2) is 24.1 Å². The Morgan fingerprint density at radius 3 is 2.77 bits per heavy atom. The molecule has 43 heavy (non-hydrogen) atoms. The Bertz CT molecular complexity index is 1800. The SMILES string of the molecule is CNCC#Cc1cc(F)c(OCCCc2sc(N(C)c3cc(C)c(Nc4nc5ccccc5s4)nn3)nc2C(=O)O)cn1. The summed E-state index contributed by atoms with van der Waals surface area (Å²) < 4.78 is 21.0. The van der Waals surface area contributed by atoms with Crippen molar-refractivity contribution in [1.29, 1.82) is 0 Å². The molecular formula is C29H27FN8O3S2. The van der Waals surface area contributed by atoms with E-state index in [0.29, 0.717) is 51.9 Å². The number of fused-ring (bicyclic) bond motifs is 1. The fourth-order valence-corrected chi connectivity index (χ4v) is 5.86. The number of rotatable bonds is 11. The molecular weight excluding hydrogens is 592 g/mol. The normalized spacial score (nSPS) is 10.8. The van der Waals surface area contributed by atoms with Gasteiger partial charge in [-0.3, -0.25) is 0 Å². The number of nitrogens with zero attached hydrogens (tertiary/aromatic N) is 6. The van der Waals surface area contributed by atoms with Crippen molar-refractivity contribution in [1.82, 2.24) is 30.5 Å². The van der Waals surface area contributed by atoms with E-state index in [4.69, 9.17) is 4.74 Å². The first kappa shape index (κ1) is 29.8. The van der Waals surface area contributed by atoms with E-state index in [1.165, 1.54) is 34.9 Å². The van der Waals surface area contributed by atoms with Crippen molar-refractivity contribution in [3.8, 4) is 17.6 Å². The summed E-state index contributed by atoms with van der Waals surface area (Å²) in [5.74, 6) is 4.99. The van der Waals surface area contributed by atoms with Crippen LogP contribution in [0.4, 0.5) is 26.3 Å². The number of hydrogen-bond acceptors (Lipinski definition) is 12. The topological polar surface area (TPSA) is 138 Å². The standard InChI is InChI=1S/C29H27FN8O3S2/c1-17-14-24(36-37-26(17)35-28-33-20-9-4-5-10-22(20)42-28)38(3)29-34-25(27(39)40)23(43-29)11-7-13-41-21-16-32-18(15-19(21)30)8-6-12-31-2/h4-5,9-10,14-16,31H,7,11-13H2,1-3H3,(H,39,40)(H,33,35,37). The molecule has 0 spiro atoms. The first-order valence-electron chi connectivity index (χ1n) is 13.2. The minimum atomic E-state index is -1.13. The van der Waals surface area contributed by atoms with Crippen LogP contribution in [0.1, 0.15) is 33.0 Å². The number of carbonyl (C=O) groups is 1. The fraction of sp³-hybridized carbons (Fsp3) is 0.241. The van der Waals surface area contributed by atoms with Crippen molar-refractivity contribution in [2.75, 3.05) is 37.5 Å². The predicted molar refractivity (Wildman–Crippen MR) is 166 cm³/mol. The van der Waals surface area contributed by atoms with Crippen molar-refractivity contribution in [3.05, 3.63) is 70.2 Å². The summed E-state index contributed by atoms with van der Waals surface area (Å²) in [6, 6.07) is 10.9. The Morgan fingerprint density at radius 2 is 2.02 bits per heavy atom. The van der Waals surface area contributed by atoms with Gasteiger partial charge in [0.25, 0.3) is 0 Å². The van der Waals surface area contributed by atoms with E-state index < -0.39 is 11.8 Å². The van der Waals surface area contributed by atoms with Gasteiger partial charge in [-0.05, 0) is 56.5 Å². The van der Waals surface area contributed by atoms with Crippen LogP contribution in [-0.2, 0) is 6.42 Å². The van der Waals surface area contributed by atoms with Gasteiger partial charge in [0.05, 0.1) is 29.6 Å². The van der Waals surface area contributed by atoms with Crippen molar-refractivity contribution in [2.45, 2.75) is 19.8 Å². The largest absolute Gasteiger partial charge is 0.489 e. The van der Waals surface area contributed by atoms with E-state index in [0.717, 1.165) is 15.8 Å². The number of carboxylic acid groups (broad SMARTS) is 1. The number of halogens is 1. The third-order valence-corrected chi connectivity index (χ3v) is 8.26. The number of pyridine rings is 1. The molecule has 14 heteroatoms. The number of anilines is 4. The molecule has 0 fully saturated rings. The first-order valence-corrected chi connectivity index (χ1v) is 14.8. The highest BCUT2D eigenvalue weighted by molar-refractivity contribution is 7.22. The fourth-order valence-electron chi connectivity index (χ4n) is 3.93. The molecule has 11 nitrogen and oxygen atoms in total. The average Bonchev–Trinajstić information content (AvgIpc) is 3.61. The van der Waals surface area contributed by atoms with Crippen LogP contribution in [0, 0.1) is 24.6 Å². The molecule has 4 aromatic heterocycles. The second-order valence-corrected chi connectivity index (χ2v) is 11.4. The highest BCUT2D eigenvalue weighted by atomic mass is 32.1. The van der Waals surface area contributed by atoms with E-state index in [1.807, 2.05) is 37.3 Å². The maximum Gasteiger partial charge on any atom is 0.355 e. The first-order chi connectivity index (χ1) is 20.8. The molecule has 4 heterocycles. The van der Waals surface area contributed by atoms with E-state index in [-0.39, 0.29) is 18.1 Å². The number of nitrogens with one attached hydrogen (secondary N) is 2. The number of aryl methyl sites for hydroxylation is 2. The maximum atomic E-state index is 14.4. The van der Waals surface area contributed by atoms with E-state index >= 15 is 0 Å². The van der Waals surface area contributed by atoms with E-state index in [1.54, 1.807) is 19.0 Å².